The third-order valence-electron chi connectivity index (χ3n) is 5.15. The molecule has 0 amide bonds. The number of aromatic nitrogens is 2. The van der Waals surface area contributed by atoms with E-state index < -0.39 is 0 Å². The van der Waals surface area contributed by atoms with E-state index in [1.165, 1.54) is 30.5 Å². The number of nitrogens with one attached hydrogen (secondary N) is 1. The second-order valence-corrected chi connectivity index (χ2v) is 6.85. The molecule has 2 aromatic rings. The predicted octanol–water partition coefficient (Wildman–Crippen LogP) is 3.60. The lowest BCUT2D eigenvalue weighted by atomic mass is 10.0. The Morgan fingerprint density at radius 3 is 2.50 bits per heavy atom. The number of anilines is 1. The Kier molecular flexibility index (Phi) is 6.33. The van der Waals surface area contributed by atoms with E-state index in [0.29, 0.717) is 0 Å². The van der Waals surface area contributed by atoms with Crippen molar-refractivity contribution in [2.24, 2.45) is 0 Å². The summed E-state index contributed by atoms with van der Waals surface area (Å²) in [6.07, 6.45) is 5.94. The van der Waals surface area contributed by atoms with E-state index in [2.05, 4.69) is 22.3 Å². The third-order valence-corrected chi connectivity index (χ3v) is 5.15. The van der Waals surface area contributed by atoms with Crippen LogP contribution in [0, 0.1) is 0 Å². The van der Waals surface area contributed by atoms with Crippen LogP contribution in [0.2, 0.25) is 0 Å². The summed E-state index contributed by atoms with van der Waals surface area (Å²) in [5.74, 6) is 1.78. The molecule has 3 heterocycles. The number of fused-ring (bicyclic) bond motifs is 1. The van der Waals surface area contributed by atoms with E-state index in [9.17, 15) is 0 Å². The first-order chi connectivity index (χ1) is 12.3. The minimum Gasteiger partial charge on any atom is -0.497 e. The number of hydrogen-bond acceptors (Lipinski definition) is 5. The first-order valence-electron chi connectivity index (χ1n) is 9.35. The van der Waals surface area contributed by atoms with Crippen molar-refractivity contribution < 1.29 is 4.74 Å². The molecule has 0 saturated carbocycles. The molecule has 6 heteroatoms. The van der Waals surface area contributed by atoms with Gasteiger partial charge in [0.15, 0.2) is 0 Å². The topological polar surface area (TPSA) is 50.3 Å². The summed E-state index contributed by atoms with van der Waals surface area (Å²) in [4.78, 5) is 12.3. The minimum absolute atomic E-state index is 0. The lowest BCUT2D eigenvalue weighted by Crippen LogP contribution is -2.31. The fourth-order valence-corrected chi connectivity index (χ4v) is 3.73. The van der Waals surface area contributed by atoms with Gasteiger partial charge in [-0.2, -0.15) is 0 Å². The van der Waals surface area contributed by atoms with Gasteiger partial charge in [-0.3, -0.25) is 0 Å². The number of halogens is 1. The molecule has 1 aromatic carbocycles. The molecule has 2 aliphatic heterocycles. The van der Waals surface area contributed by atoms with Crippen molar-refractivity contribution in [3.8, 4) is 17.0 Å². The van der Waals surface area contributed by atoms with Gasteiger partial charge in [-0.15, -0.1) is 12.4 Å². The van der Waals surface area contributed by atoms with Crippen molar-refractivity contribution in [3.63, 3.8) is 0 Å². The van der Waals surface area contributed by atoms with Gasteiger partial charge in [0.1, 0.15) is 5.75 Å². The second-order valence-electron chi connectivity index (χ2n) is 6.85. The number of hydrogen-bond donors (Lipinski definition) is 1. The van der Waals surface area contributed by atoms with Crippen LogP contribution in [0.3, 0.4) is 0 Å². The van der Waals surface area contributed by atoms with E-state index in [-0.39, 0.29) is 12.4 Å². The van der Waals surface area contributed by atoms with E-state index in [1.807, 2.05) is 12.1 Å². The normalized spacial score (nSPS) is 17.0. The van der Waals surface area contributed by atoms with Crippen LogP contribution < -0.4 is 15.0 Å². The summed E-state index contributed by atoms with van der Waals surface area (Å²) in [5, 5.41) is 3.52. The van der Waals surface area contributed by atoms with Gasteiger partial charge in [0.05, 0.1) is 18.5 Å². The molecule has 140 valence electrons. The van der Waals surface area contributed by atoms with Crippen molar-refractivity contribution in [1.82, 2.24) is 15.3 Å². The van der Waals surface area contributed by atoms with Crippen molar-refractivity contribution >= 4 is 18.4 Å². The van der Waals surface area contributed by atoms with Gasteiger partial charge in [-0.1, -0.05) is 0 Å². The molecule has 2 aliphatic rings. The molecule has 1 aromatic heterocycles. The lowest BCUT2D eigenvalue weighted by Gasteiger charge is -2.28. The van der Waals surface area contributed by atoms with E-state index in [4.69, 9.17) is 14.7 Å². The zero-order valence-electron chi connectivity index (χ0n) is 15.3. The Morgan fingerprint density at radius 2 is 1.77 bits per heavy atom. The molecule has 0 aliphatic carbocycles. The highest BCUT2D eigenvalue weighted by molar-refractivity contribution is 5.85. The Bertz CT molecular complexity index is 729. The van der Waals surface area contributed by atoms with Gasteiger partial charge in [0.25, 0.3) is 0 Å². The highest BCUT2D eigenvalue weighted by Crippen LogP contribution is 2.30. The molecule has 1 saturated heterocycles. The van der Waals surface area contributed by atoms with Crippen LogP contribution >= 0.6 is 12.4 Å². The highest BCUT2D eigenvalue weighted by atomic mass is 35.5. The summed E-state index contributed by atoms with van der Waals surface area (Å²) >= 11 is 0. The average Bonchev–Trinajstić information content (AvgIpc) is 2.93. The fourth-order valence-electron chi connectivity index (χ4n) is 3.73. The Balaban J connectivity index is 0.00000196. The standard InChI is InChI=1S/C20H26N4O.ClH/c1-25-16-9-7-15(8-10-16)19-17-14-21-11-5-6-18(17)22-20(23-19)24-12-3-2-4-13-24;/h7-10,21H,2-6,11-14H2,1H3;1H. The van der Waals surface area contributed by atoms with E-state index in [1.54, 1.807) is 7.11 Å². The summed E-state index contributed by atoms with van der Waals surface area (Å²) in [6.45, 7) is 4.02. The van der Waals surface area contributed by atoms with E-state index in [0.717, 1.165) is 62.0 Å². The monoisotopic (exact) mass is 374 g/mol. The van der Waals surface area contributed by atoms with Crippen LogP contribution in [-0.4, -0.2) is 36.7 Å². The average molecular weight is 375 g/mol. The number of benzene rings is 1. The maximum absolute atomic E-state index is 5.30. The minimum atomic E-state index is 0. The highest BCUT2D eigenvalue weighted by Gasteiger charge is 2.21. The molecule has 0 bridgehead atoms. The summed E-state index contributed by atoms with van der Waals surface area (Å²) in [7, 11) is 1.70. The van der Waals surface area contributed by atoms with Gasteiger partial charge in [0.2, 0.25) is 5.95 Å². The second kappa shape index (κ2) is 8.69. The molecule has 0 atom stereocenters. The van der Waals surface area contributed by atoms with Crippen molar-refractivity contribution in [1.29, 1.82) is 0 Å². The molecular formula is C20H27ClN4O. The van der Waals surface area contributed by atoms with Gasteiger partial charge < -0.3 is 15.0 Å². The molecule has 26 heavy (non-hydrogen) atoms. The van der Waals surface area contributed by atoms with Crippen LogP contribution in [0.4, 0.5) is 5.95 Å². The molecule has 4 rings (SSSR count). The maximum Gasteiger partial charge on any atom is 0.226 e. The summed E-state index contributed by atoms with van der Waals surface area (Å²) in [5.41, 5.74) is 4.68. The SMILES string of the molecule is COc1ccc(-c2nc(N3CCCCC3)nc3c2CNCCC3)cc1.Cl. The van der Waals surface area contributed by atoms with Crippen molar-refractivity contribution in [2.45, 2.75) is 38.6 Å². The van der Waals surface area contributed by atoms with E-state index >= 15 is 0 Å². The number of methoxy groups -OCH3 is 1. The Labute approximate surface area is 161 Å². The quantitative estimate of drug-likeness (QED) is 0.889. The van der Waals surface area contributed by atoms with Crippen LogP contribution in [0.5, 0.6) is 5.75 Å². The molecule has 0 unspecified atom stereocenters. The van der Waals surface area contributed by atoms with Gasteiger partial charge >= 0.3 is 0 Å². The number of ether oxygens (including phenoxy) is 1. The maximum atomic E-state index is 5.30. The predicted molar refractivity (Wildman–Crippen MR) is 107 cm³/mol. The molecule has 1 fully saturated rings. The van der Waals surface area contributed by atoms with Crippen LogP contribution in [0.25, 0.3) is 11.3 Å². The summed E-state index contributed by atoms with van der Waals surface area (Å²) < 4.78 is 5.30. The van der Waals surface area contributed by atoms with Crippen molar-refractivity contribution in [3.05, 3.63) is 35.5 Å². The Morgan fingerprint density at radius 1 is 1.00 bits per heavy atom. The van der Waals surface area contributed by atoms with Crippen LogP contribution in [0.15, 0.2) is 24.3 Å². The van der Waals surface area contributed by atoms with Gasteiger partial charge in [0, 0.05) is 30.8 Å². The first-order valence-corrected chi connectivity index (χ1v) is 9.35. The molecule has 1 N–H and O–H groups in total. The zero-order valence-corrected chi connectivity index (χ0v) is 16.1. The molecule has 0 spiro atoms. The smallest absolute Gasteiger partial charge is 0.226 e. The van der Waals surface area contributed by atoms with Crippen LogP contribution in [-0.2, 0) is 13.0 Å². The van der Waals surface area contributed by atoms with Crippen LogP contribution in [0.1, 0.15) is 36.9 Å². The molecule has 0 radical (unpaired) electrons. The zero-order chi connectivity index (χ0) is 17.1. The number of rotatable bonds is 3. The third kappa shape index (κ3) is 3.94. The molecular weight excluding hydrogens is 348 g/mol. The number of aryl methyl sites for hydroxylation is 1. The molecule has 5 nitrogen and oxygen atoms in total. The lowest BCUT2D eigenvalue weighted by molar-refractivity contribution is 0.415. The largest absolute Gasteiger partial charge is 0.497 e. The summed E-state index contributed by atoms with van der Waals surface area (Å²) in [6, 6.07) is 8.22. The first kappa shape index (κ1) is 18.9. The van der Waals surface area contributed by atoms with Gasteiger partial charge in [-0.25, -0.2) is 9.97 Å². The van der Waals surface area contributed by atoms with Crippen molar-refractivity contribution in [2.75, 3.05) is 31.6 Å². The fraction of sp³-hybridized carbons (Fsp3) is 0.500. The van der Waals surface area contributed by atoms with Gasteiger partial charge in [-0.05, 0) is 62.9 Å². The number of nitrogens with zero attached hydrogens (tertiary/aromatic N) is 3. The Hall–Kier alpha value is -1.85. The number of piperidine rings is 1.